The maximum Gasteiger partial charge on any atom is 0.497 e. The summed E-state index contributed by atoms with van der Waals surface area (Å²) in [4.78, 5) is 26.0. The van der Waals surface area contributed by atoms with Crippen LogP contribution in [0.3, 0.4) is 0 Å². The number of hydrogen-bond donors (Lipinski definition) is 1. The van der Waals surface area contributed by atoms with Crippen LogP contribution < -0.4 is 11.0 Å². The second kappa shape index (κ2) is 5.31. The molecule has 6 nitrogen and oxygen atoms in total. The van der Waals surface area contributed by atoms with E-state index in [1.807, 2.05) is 27.7 Å². The summed E-state index contributed by atoms with van der Waals surface area (Å²) in [6.45, 7) is 9.60. The van der Waals surface area contributed by atoms with Gasteiger partial charge in [0.2, 0.25) is 5.56 Å². The Hall–Kier alpha value is -1.60. The van der Waals surface area contributed by atoms with Gasteiger partial charge in [-0.2, -0.15) is 0 Å². The number of H-pyrrole nitrogens is 1. The summed E-state index contributed by atoms with van der Waals surface area (Å²) in [5.41, 5.74) is -0.896. The number of aromatic nitrogens is 1. The topological polar surface area (TPSA) is 77.6 Å². The first-order chi connectivity index (χ1) is 9.68. The fourth-order valence-corrected chi connectivity index (χ4v) is 2.02. The first-order valence-corrected chi connectivity index (χ1v) is 6.94. The van der Waals surface area contributed by atoms with Crippen LogP contribution >= 0.6 is 0 Å². The van der Waals surface area contributed by atoms with Crippen molar-refractivity contribution in [3.63, 3.8) is 0 Å². The number of ether oxygens (including phenoxy) is 1. The zero-order valence-electron chi connectivity index (χ0n) is 13.0. The van der Waals surface area contributed by atoms with Gasteiger partial charge in [0.25, 0.3) is 0 Å². The molecule has 21 heavy (non-hydrogen) atoms. The molecule has 1 aromatic heterocycles. The molecule has 0 spiro atoms. The van der Waals surface area contributed by atoms with Crippen molar-refractivity contribution in [1.82, 2.24) is 4.98 Å². The van der Waals surface area contributed by atoms with Crippen LogP contribution in [-0.4, -0.2) is 35.9 Å². The van der Waals surface area contributed by atoms with Crippen molar-refractivity contribution in [2.75, 3.05) is 6.61 Å². The lowest BCUT2D eigenvalue weighted by molar-refractivity contribution is 0.00578. The number of pyridine rings is 1. The number of hydrogen-bond acceptors (Lipinski definition) is 5. The molecule has 1 aliphatic heterocycles. The third kappa shape index (κ3) is 2.89. The van der Waals surface area contributed by atoms with Crippen molar-refractivity contribution in [2.45, 2.75) is 45.8 Å². The summed E-state index contributed by atoms with van der Waals surface area (Å²) in [5.74, 6) is -0.597. The number of carbonyl (C=O) groups excluding carboxylic acids is 1. The molecule has 114 valence electrons. The zero-order chi connectivity index (χ0) is 15.8. The lowest BCUT2D eigenvalue weighted by atomic mass is 9.78. The van der Waals surface area contributed by atoms with Gasteiger partial charge in [0.1, 0.15) is 5.69 Å². The monoisotopic (exact) mass is 293 g/mol. The molecule has 7 heteroatoms. The van der Waals surface area contributed by atoms with Crippen LogP contribution in [0.5, 0.6) is 0 Å². The Balaban J connectivity index is 2.42. The predicted octanol–water partition coefficient (Wildman–Crippen LogP) is 0.851. The molecular formula is C14H20BNO5. The Labute approximate surface area is 123 Å². The second-order valence-electron chi connectivity index (χ2n) is 5.96. The van der Waals surface area contributed by atoms with E-state index in [4.69, 9.17) is 14.0 Å². The maximum absolute atomic E-state index is 12.0. The van der Waals surface area contributed by atoms with Gasteiger partial charge in [0.15, 0.2) is 0 Å². The van der Waals surface area contributed by atoms with Crippen LogP contribution in [-0.2, 0) is 14.0 Å². The Bertz CT molecular complexity index is 592. The van der Waals surface area contributed by atoms with Crippen LogP contribution in [0.2, 0.25) is 0 Å². The lowest BCUT2D eigenvalue weighted by Crippen LogP contribution is -2.41. The molecule has 0 saturated carbocycles. The van der Waals surface area contributed by atoms with Crippen LogP contribution in [0.4, 0.5) is 0 Å². The Morgan fingerprint density at radius 3 is 2.33 bits per heavy atom. The molecule has 0 atom stereocenters. The molecule has 2 heterocycles. The fraction of sp³-hybridized carbons (Fsp3) is 0.571. The van der Waals surface area contributed by atoms with Gasteiger partial charge >= 0.3 is 13.1 Å². The van der Waals surface area contributed by atoms with E-state index in [0.29, 0.717) is 5.46 Å². The molecule has 0 radical (unpaired) electrons. The molecule has 0 bridgehead atoms. The minimum Gasteiger partial charge on any atom is -0.461 e. The Kier molecular flexibility index (Phi) is 3.99. The average Bonchev–Trinajstić information content (AvgIpc) is 2.58. The third-order valence-corrected chi connectivity index (χ3v) is 3.94. The molecule has 0 aromatic carbocycles. The third-order valence-electron chi connectivity index (χ3n) is 3.94. The van der Waals surface area contributed by atoms with Gasteiger partial charge in [-0.05, 0) is 34.6 Å². The van der Waals surface area contributed by atoms with E-state index >= 15 is 0 Å². The minimum atomic E-state index is -0.730. The predicted molar refractivity (Wildman–Crippen MR) is 78.7 cm³/mol. The number of nitrogens with one attached hydrogen (secondary N) is 1. The Morgan fingerprint density at radius 2 is 1.81 bits per heavy atom. The second-order valence-corrected chi connectivity index (χ2v) is 5.96. The highest BCUT2D eigenvalue weighted by Crippen LogP contribution is 2.36. The first-order valence-electron chi connectivity index (χ1n) is 6.94. The van der Waals surface area contributed by atoms with Crippen LogP contribution in [0.1, 0.15) is 45.1 Å². The minimum absolute atomic E-state index is 0.0721. The van der Waals surface area contributed by atoms with E-state index in [1.165, 1.54) is 12.1 Å². The van der Waals surface area contributed by atoms with Crippen molar-refractivity contribution < 1.29 is 18.8 Å². The maximum atomic E-state index is 12.0. The van der Waals surface area contributed by atoms with Gasteiger partial charge < -0.3 is 19.0 Å². The van der Waals surface area contributed by atoms with Gasteiger partial charge in [-0.1, -0.05) is 6.07 Å². The molecule has 0 unspecified atom stereocenters. The van der Waals surface area contributed by atoms with Crippen molar-refractivity contribution in [3.05, 3.63) is 28.2 Å². The lowest BCUT2D eigenvalue weighted by Gasteiger charge is -2.32. The largest absolute Gasteiger partial charge is 0.497 e. The molecular weight excluding hydrogens is 273 g/mol. The number of rotatable bonds is 3. The fourth-order valence-electron chi connectivity index (χ4n) is 2.02. The molecule has 1 saturated heterocycles. The van der Waals surface area contributed by atoms with Gasteiger partial charge in [-0.25, -0.2) is 4.79 Å². The van der Waals surface area contributed by atoms with Crippen molar-refractivity contribution in [3.8, 4) is 0 Å². The summed E-state index contributed by atoms with van der Waals surface area (Å²) in [7, 11) is -0.730. The van der Waals surface area contributed by atoms with Crippen molar-refractivity contribution in [2.24, 2.45) is 0 Å². The van der Waals surface area contributed by atoms with Gasteiger partial charge in [0.05, 0.1) is 17.8 Å². The Morgan fingerprint density at radius 1 is 1.24 bits per heavy atom. The number of esters is 1. The van der Waals surface area contributed by atoms with E-state index in [-0.39, 0.29) is 17.9 Å². The van der Waals surface area contributed by atoms with E-state index < -0.39 is 24.3 Å². The van der Waals surface area contributed by atoms with Gasteiger partial charge in [-0.3, -0.25) is 4.79 Å². The molecule has 1 N–H and O–H groups in total. The van der Waals surface area contributed by atoms with E-state index in [1.54, 1.807) is 6.92 Å². The summed E-state index contributed by atoms with van der Waals surface area (Å²) < 4.78 is 16.8. The molecule has 2 rings (SSSR count). The van der Waals surface area contributed by atoms with E-state index in [0.717, 1.165) is 0 Å². The van der Waals surface area contributed by atoms with E-state index in [9.17, 15) is 9.59 Å². The first kappa shape index (κ1) is 15.8. The van der Waals surface area contributed by atoms with Crippen LogP contribution in [0.15, 0.2) is 16.9 Å². The molecule has 1 fully saturated rings. The number of aromatic amines is 1. The standard InChI is InChI=1S/C14H20BNO5/c1-6-19-12(18)11-9(7-8-10(17)16-11)15-20-13(2,3)14(4,5)21-15/h7-8H,6H2,1-5H3,(H,16,17). The molecule has 1 aliphatic rings. The molecule has 1 aromatic rings. The van der Waals surface area contributed by atoms with Crippen molar-refractivity contribution >= 4 is 18.6 Å². The molecule has 0 aliphatic carbocycles. The summed E-state index contributed by atoms with van der Waals surface area (Å²) in [6, 6.07) is 2.87. The van der Waals surface area contributed by atoms with Crippen LogP contribution in [0, 0.1) is 0 Å². The van der Waals surface area contributed by atoms with E-state index in [2.05, 4.69) is 4.98 Å². The SMILES string of the molecule is CCOC(=O)c1[nH]c(=O)ccc1B1OC(C)(C)C(C)(C)O1. The van der Waals surface area contributed by atoms with Crippen molar-refractivity contribution in [1.29, 1.82) is 0 Å². The zero-order valence-corrected chi connectivity index (χ0v) is 13.0. The highest BCUT2D eigenvalue weighted by atomic mass is 16.7. The number of carbonyl (C=O) groups is 1. The quantitative estimate of drug-likeness (QED) is 0.660. The normalized spacial score (nSPS) is 19.6. The average molecular weight is 293 g/mol. The highest BCUT2D eigenvalue weighted by molar-refractivity contribution is 6.63. The van der Waals surface area contributed by atoms with Gasteiger partial charge in [0, 0.05) is 11.5 Å². The summed E-state index contributed by atoms with van der Waals surface area (Å²) >= 11 is 0. The van der Waals surface area contributed by atoms with Crippen LogP contribution in [0.25, 0.3) is 0 Å². The highest BCUT2D eigenvalue weighted by Gasteiger charge is 2.52. The smallest absolute Gasteiger partial charge is 0.461 e. The molecule has 0 amide bonds. The summed E-state index contributed by atoms with van der Waals surface area (Å²) in [5, 5.41) is 0. The summed E-state index contributed by atoms with van der Waals surface area (Å²) in [6.07, 6.45) is 0. The van der Waals surface area contributed by atoms with Gasteiger partial charge in [-0.15, -0.1) is 0 Å².